The molecule has 2 aromatic heterocycles. The highest BCUT2D eigenvalue weighted by molar-refractivity contribution is 6.02. The number of ether oxygens (including phenoxy) is 1. The predicted octanol–water partition coefficient (Wildman–Crippen LogP) is 2.31. The van der Waals surface area contributed by atoms with Gasteiger partial charge in [0.25, 0.3) is 0 Å². The number of hydrogen-bond donors (Lipinski definition) is 3. The first kappa shape index (κ1) is 17.7. The van der Waals surface area contributed by atoms with Crippen LogP contribution in [-0.4, -0.2) is 38.4 Å². The number of hydrogen-bond acceptors (Lipinski definition) is 5. The van der Waals surface area contributed by atoms with E-state index in [1.165, 1.54) is 7.11 Å². The summed E-state index contributed by atoms with van der Waals surface area (Å²) in [5.74, 6) is 1.34. The van der Waals surface area contributed by atoms with Crippen LogP contribution in [0.15, 0.2) is 36.4 Å². The number of para-hydroxylation sites is 1. The Morgan fingerprint density at radius 3 is 2.79 bits per heavy atom. The number of rotatable bonds is 5. The van der Waals surface area contributed by atoms with E-state index in [0.29, 0.717) is 24.0 Å². The largest absolute Gasteiger partial charge is 0.465 e. The number of nitrogens with two attached hydrogens (primary N) is 1. The molecule has 0 unspecified atom stereocenters. The molecule has 0 atom stereocenters. The Kier molecular flexibility index (Phi) is 4.31. The summed E-state index contributed by atoms with van der Waals surface area (Å²) in [6.45, 7) is 0. The molecule has 8 heteroatoms. The monoisotopic (exact) mass is 376 g/mol. The summed E-state index contributed by atoms with van der Waals surface area (Å²) in [5.41, 5.74) is 9.91. The van der Waals surface area contributed by atoms with Crippen molar-refractivity contribution in [1.29, 1.82) is 5.41 Å². The molecule has 0 aliphatic rings. The zero-order valence-electron chi connectivity index (χ0n) is 15.6. The van der Waals surface area contributed by atoms with Crippen LogP contribution >= 0.6 is 0 Å². The van der Waals surface area contributed by atoms with Crippen molar-refractivity contribution in [1.82, 2.24) is 19.5 Å². The number of imidazole rings is 2. The summed E-state index contributed by atoms with van der Waals surface area (Å²) in [7, 11) is 3.27. The van der Waals surface area contributed by atoms with E-state index >= 15 is 0 Å². The van der Waals surface area contributed by atoms with Gasteiger partial charge in [0.1, 0.15) is 17.5 Å². The maximum atomic E-state index is 12.0. The van der Waals surface area contributed by atoms with Gasteiger partial charge in [-0.1, -0.05) is 6.07 Å². The molecule has 0 radical (unpaired) electrons. The molecule has 0 aliphatic heterocycles. The lowest BCUT2D eigenvalue weighted by atomic mass is 10.2. The molecule has 28 heavy (non-hydrogen) atoms. The smallest absolute Gasteiger partial charge is 0.340 e. The zero-order valence-corrected chi connectivity index (χ0v) is 15.6. The summed E-state index contributed by atoms with van der Waals surface area (Å²) in [5, 5.41) is 7.55. The topological polar surface area (TPSA) is 123 Å². The summed E-state index contributed by atoms with van der Waals surface area (Å²) in [4.78, 5) is 24.6. The van der Waals surface area contributed by atoms with Crippen LogP contribution in [0.4, 0.5) is 0 Å². The van der Waals surface area contributed by atoms with E-state index in [4.69, 9.17) is 15.9 Å². The summed E-state index contributed by atoms with van der Waals surface area (Å²) in [6, 6.07) is 10.9. The molecule has 2 aromatic carbocycles. The lowest BCUT2D eigenvalue weighted by Gasteiger charge is -2.05. The molecule has 0 spiro atoms. The van der Waals surface area contributed by atoms with Crippen LogP contribution in [0.2, 0.25) is 0 Å². The maximum absolute atomic E-state index is 12.0. The minimum absolute atomic E-state index is 0.0270. The second-order valence-corrected chi connectivity index (χ2v) is 6.58. The number of aryl methyl sites for hydroxylation is 3. The molecule has 0 bridgehead atoms. The average molecular weight is 376 g/mol. The number of carbonyl (C=O) groups is 1. The van der Waals surface area contributed by atoms with Crippen molar-refractivity contribution in [2.75, 3.05) is 7.11 Å². The van der Waals surface area contributed by atoms with Crippen LogP contribution in [0, 0.1) is 5.41 Å². The second kappa shape index (κ2) is 6.80. The van der Waals surface area contributed by atoms with Gasteiger partial charge < -0.3 is 20.0 Å². The minimum Gasteiger partial charge on any atom is -0.465 e. The van der Waals surface area contributed by atoms with Crippen molar-refractivity contribution in [3.05, 3.63) is 59.2 Å². The lowest BCUT2D eigenvalue weighted by Crippen LogP contribution is -2.10. The number of H-pyrrole nitrogens is 1. The first-order chi connectivity index (χ1) is 13.5. The highest BCUT2D eigenvalue weighted by atomic mass is 16.5. The van der Waals surface area contributed by atoms with Crippen molar-refractivity contribution >= 4 is 33.9 Å². The van der Waals surface area contributed by atoms with E-state index in [2.05, 4.69) is 15.0 Å². The molecule has 0 amide bonds. The quantitative estimate of drug-likeness (QED) is 0.280. The van der Waals surface area contributed by atoms with Crippen LogP contribution in [0.1, 0.15) is 27.6 Å². The van der Waals surface area contributed by atoms with E-state index < -0.39 is 0 Å². The maximum Gasteiger partial charge on any atom is 0.340 e. The van der Waals surface area contributed by atoms with Gasteiger partial charge in [-0.15, -0.1) is 0 Å². The third kappa shape index (κ3) is 2.98. The number of fused-ring (bicyclic) bond motifs is 2. The van der Waals surface area contributed by atoms with Crippen molar-refractivity contribution in [3.63, 3.8) is 0 Å². The summed E-state index contributed by atoms with van der Waals surface area (Å²) < 4.78 is 6.81. The predicted molar refractivity (Wildman–Crippen MR) is 107 cm³/mol. The first-order valence-electron chi connectivity index (χ1n) is 8.83. The fourth-order valence-electron chi connectivity index (χ4n) is 3.39. The van der Waals surface area contributed by atoms with Crippen LogP contribution in [0.3, 0.4) is 0 Å². The molecule has 8 nitrogen and oxygen atoms in total. The van der Waals surface area contributed by atoms with Crippen molar-refractivity contribution in [3.8, 4) is 0 Å². The Bertz CT molecular complexity index is 1220. The highest BCUT2D eigenvalue weighted by Gasteiger charge is 2.17. The number of nitrogens with one attached hydrogen (secondary N) is 2. The van der Waals surface area contributed by atoms with Gasteiger partial charge in [0.05, 0.1) is 34.7 Å². The number of esters is 1. The Morgan fingerprint density at radius 1 is 1.21 bits per heavy atom. The van der Waals surface area contributed by atoms with E-state index in [0.717, 1.165) is 33.7 Å². The zero-order chi connectivity index (χ0) is 19.8. The third-order valence-corrected chi connectivity index (χ3v) is 4.82. The summed E-state index contributed by atoms with van der Waals surface area (Å²) in [6.07, 6.45) is 1.32. The average Bonchev–Trinajstić information content (AvgIpc) is 3.25. The minimum atomic E-state index is -0.376. The van der Waals surface area contributed by atoms with Crippen LogP contribution < -0.4 is 5.73 Å². The van der Waals surface area contributed by atoms with Gasteiger partial charge in [-0.2, -0.15) is 0 Å². The normalized spacial score (nSPS) is 11.2. The number of methoxy groups -OCH3 is 1. The molecule has 4 N–H and O–H groups in total. The van der Waals surface area contributed by atoms with Gasteiger partial charge in [0.15, 0.2) is 0 Å². The first-order valence-corrected chi connectivity index (χ1v) is 8.83. The molecule has 4 aromatic rings. The van der Waals surface area contributed by atoms with E-state index in [9.17, 15) is 4.79 Å². The van der Waals surface area contributed by atoms with E-state index in [-0.39, 0.29) is 11.8 Å². The van der Waals surface area contributed by atoms with Gasteiger partial charge >= 0.3 is 5.97 Å². The number of aromatic nitrogens is 4. The third-order valence-electron chi connectivity index (χ3n) is 4.82. The lowest BCUT2D eigenvalue weighted by molar-refractivity contribution is 0.0602. The molecular weight excluding hydrogens is 356 g/mol. The Balaban J connectivity index is 1.62. The fourth-order valence-corrected chi connectivity index (χ4v) is 3.39. The van der Waals surface area contributed by atoms with E-state index in [1.54, 1.807) is 18.2 Å². The fraction of sp³-hybridized carbons (Fsp3) is 0.200. The summed E-state index contributed by atoms with van der Waals surface area (Å²) >= 11 is 0. The molecule has 0 aliphatic carbocycles. The van der Waals surface area contributed by atoms with Gasteiger partial charge in [-0.3, -0.25) is 5.41 Å². The number of benzene rings is 2. The van der Waals surface area contributed by atoms with Crippen molar-refractivity contribution in [2.45, 2.75) is 12.8 Å². The molecule has 142 valence electrons. The van der Waals surface area contributed by atoms with Crippen LogP contribution in [0.5, 0.6) is 0 Å². The van der Waals surface area contributed by atoms with Crippen molar-refractivity contribution < 1.29 is 9.53 Å². The molecule has 0 saturated carbocycles. The molecule has 0 saturated heterocycles. The van der Waals surface area contributed by atoms with E-state index in [1.807, 2.05) is 29.8 Å². The number of nitrogens with zero attached hydrogens (tertiary/aromatic N) is 3. The Labute approximate surface area is 160 Å². The standard InChI is InChI=1S/C20H20N6O2/c1-26-17(25-14-5-3-4-12(18(14)26)20(27)28-2)9-8-16-23-13-7-6-11(19(21)22)10-15(13)24-16/h3-7,10H,8-9H2,1-2H3,(H3,21,22)(H,23,24). The van der Waals surface area contributed by atoms with Crippen LogP contribution in [-0.2, 0) is 24.6 Å². The van der Waals surface area contributed by atoms with Gasteiger partial charge in [0.2, 0.25) is 0 Å². The molecular formula is C20H20N6O2. The van der Waals surface area contributed by atoms with Crippen LogP contribution in [0.25, 0.3) is 22.1 Å². The number of carbonyl (C=O) groups excluding carboxylic acids is 1. The van der Waals surface area contributed by atoms with Gasteiger partial charge in [-0.25, -0.2) is 14.8 Å². The Morgan fingerprint density at radius 2 is 2.04 bits per heavy atom. The molecule has 2 heterocycles. The second-order valence-electron chi connectivity index (χ2n) is 6.58. The number of aromatic amines is 1. The highest BCUT2D eigenvalue weighted by Crippen LogP contribution is 2.21. The SMILES string of the molecule is COC(=O)c1cccc2nc(CCc3nc4ccc(C(=N)N)cc4[nH]3)n(C)c12. The molecule has 4 rings (SSSR count). The molecule has 0 fully saturated rings. The van der Waals surface area contributed by atoms with Crippen molar-refractivity contribution in [2.24, 2.45) is 12.8 Å². The van der Waals surface area contributed by atoms with Gasteiger partial charge in [-0.05, 0) is 30.3 Å². The van der Waals surface area contributed by atoms with Gasteiger partial charge in [0, 0.05) is 25.5 Å². The number of nitrogen functional groups attached to an aromatic ring is 1. The Hall–Kier alpha value is -3.68. The number of amidine groups is 1.